The molecular formula is C13H18ClF3N4. The summed E-state index contributed by atoms with van der Waals surface area (Å²) in [4.78, 5) is 4.48. The van der Waals surface area contributed by atoms with Crippen molar-refractivity contribution in [3.63, 3.8) is 0 Å². The fourth-order valence-corrected chi connectivity index (χ4v) is 2.66. The number of aromatic nitrogens is 4. The van der Waals surface area contributed by atoms with Gasteiger partial charge in [-0.15, -0.1) is 11.6 Å². The Hall–Kier alpha value is -1.24. The number of fused-ring (bicyclic) bond motifs is 1. The second-order valence-corrected chi connectivity index (χ2v) is 5.25. The highest BCUT2D eigenvalue weighted by molar-refractivity contribution is 6.16. The molecule has 0 aliphatic rings. The molecule has 0 bridgehead atoms. The van der Waals surface area contributed by atoms with Crippen LogP contribution in [0.5, 0.6) is 0 Å². The molecule has 2 aromatic heterocycles. The molecule has 21 heavy (non-hydrogen) atoms. The third-order valence-electron chi connectivity index (χ3n) is 3.42. The molecule has 0 fully saturated rings. The molecule has 0 aromatic carbocycles. The molecule has 0 saturated carbocycles. The number of halogens is 4. The van der Waals surface area contributed by atoms with Crippen LogP contribution in [0.1, 0.15) is 37.7 Å². The maximum Gasteiger partial charge on any atom is 0.389 e. The van der Waals surface area contributed by atoms with Gasteiger partial charge in [-0.1, -0.05) is 6.92 Å². The summed E-state index contributed by atoms with van der Waals surface area (Å²) >= 11 is 5.90. The minimum Gasteiger partial charge on any atom is -0.312 e. The third kappa shape index (κ3) is 3.51. The summed E-state index contributed by atoms with van der Waals surface area (Å²) in [7, 11) is 1.81. The molecule has 0 aliphatic carbocycles. The lowest BCUT2D eigenvalue weighted by atomic mass is 10.2. The maximum atomic E-state index is 12.2. The second kappa shape index (κ2) is 6.25. The lowest BCUT2D eigenvalue weighted by Gasteiger charge is -2.09. The van der Waals surface area contributed by atoms with E-state index >= 15 is 0 Å². The van der Waals surface area contributed by atoms with Crippen LogP contribution in [0.15, 0.2) is 0 Å². The number of hydrogen-bond acceptors (Lipinski definition) is 2. The number of rotatable bonds is 6. The molecule has 2 rings (SSSR count). The molecule has 0 spiro atoms. The number of nitrogens with zero attached hydrogens (tertiary/aromatic N) is 4. The monoisotopic (exact) mass is 322 g/mol. The van der Waals surface area contributed by atoms with Crippen molar-refractivity contribution in [3.8, 4) is 0 Å². The molecule has 0 N–H and O–H groups in total. The first-order valence-corrected chi connectivity index (χ1v) is 7.44. The third-order valence-corrected chi connectivity index (χ3v) is 3.66. The van der Waals surface area contributed by atoms with E-state index in [1.807, 2.05) is 18.5 Å². The van der Waals surface area contributed by atoms with Gasteiger partial charge in [-0.3, -0.25) is 4.68 Å². The summed E-state index contributed by atoms with van der Waals surface area (Å²) in [5.41, 5.74) is 2.51. The Kier molecular flexibility index (Phi) is 4.81. The summed E-state index contributed by atoms with van der Waals surface area (Å²) in [6.45, 7) is 2.46. The van der Waals surface area contributed by atoms with Gasteiger partial charge >= 0.3 is 6.18 Å². The smallest absolute Gasteiger partial charge is 0.312 e. The quantitative estimate of drug-likeness (QED) is 0.599. The fraction of sp³-hybridized carbons (Fsp3) is 0.692. The predicted molar refractivity (Wildman–Crippen MR) is 75.3 cm³/mol. The molecule has 0 unspecified atom stereocenters. The first-order chi connectivity index (χ1) is 9.87. The van der Waals surface area contributed by atoms with Crippen LogP contribution in [-0.4, -0.2) is 25.5 Å². The Bertz CT molecular complexity index is 615. The zero-order valence-corrected chi connectivity index (χ0v) is 12.8. The summed E-state index contributed by atoms with van der Waals surface area (Å²) in [6, 6.07) is 0. The van der Waals surface area contributed by atoms with Crippen molar-refractivity contribution in [2.24, 2.45) is 7.05 Å². The van der Waals surface area contributed by atoms with Gasteiger partial charge < -0.3 is 4.57 Å². The van der Waals surface area contributed by atoms with Crippen LogP contribution in [0.4, 0.5) is 13.2 Å². The van der Waals surface area contributed by atoms with Gasteiger partial charge in [-0.05, 0) is 19.3 Å². The Morgan fingerprint density at radius 2 is 1.95 bits per heavy atom. The zero-order chi connectivity index (χ0) is 15.6. The molecule has 0 radical (unpaired) electrons. The van der Waals surface area contributed by atoms with Crippen LogP contribution in [-0.2, 0) is 25.9 Å². The largest absolute Gasteiger partial charge is 0.389 e. The fourth-order valence-electron chi connectivity index (χ4n) is 2.46. The van der Waals surface area contributed by atoms with Crippen LogP contribution < -0.4 is 0 Å². The number of hydrogen-bond donors (Lipinski definition) is 0. The van der Waals surface area contributed by atoms with E-state index in [2.05, 4.69) is 10.1 Å². The molecule has 118 valence electrons. The van der Waals surface area contributed by atoms with Crippen molar-refractivity contribution in [2.45, 2.75) is 51.2 Å². The van der Waals surface area contributed by atoms with Crippen LogP contribution in [0.2, 0.25) is 0 Å². The van der Waals surface area contributed by atoms with Gasteiger partial charge in [0.2, 0.25) is 0 Å². The first-order valence-electron chi connectivity index (χ1n) is 6.91. The predicted octanol–water partition coefficient (Wildman–Crippen LogP) is 3.80. The van der Waals surface area contributed by atoms with Gasteiger partial charge in [-0.25, -0.2) is 4.98 Å². The Labute approximate surface area is 125 Å². The minimum absolute atomic E-state index is 0.101. The lowest BCUT2D eigenvalue weighted by molar-refractivity contribution is -0.135. The van der Waals surface area contributed by atoms with Gasteiger partial charge in [0.15, 0.2) is 5.65 Å². The van der Waals surface area contributed by atoms with Crippen molar-refractivity contribution in [1.82, 2.24) is 19.3 Å². The van der Waals surface area contributed by atoms with E-state index in [1.54, 1.807) is 4.68 Å². The van der Waals surface area contributed by atoms with Gasteiger partial charge in [0.25, 0.3) is 0 Å². The number of imidazole rings is 1. The van der Waals surface area contributed by atoms with Crippen LogP contribution in [0.3, 0.4) is 0 Å². The Morgan fingerprint density at radius 3 is 2.52 bits per heavy atom. The van der Waals surface area contributed by atoms with E-state index in [4.69, 9.17) is 11.6 Å². The average Bonchev–Trinajstić information content (AvgIpc) is 2.91. The van der Waals surface area contributed by atoms with Gasteiger partial charge in [0.05, 0.1) is 11.6 Å². The summed E-state index contributed by atoms with van der Waals surface area (Å²) < 4.78 is 40.1. The summed E-state index contributed by atoms with van der Waals surface area (Å²) in [5.74, 6) is 0.915. The van der Waals surface area contributed by atoms with E-state index in [9.17, 15) is 13.2 Å². The van der Waals surface area contributed by atoms with Gasteiger partial charge in [-0.2, -0.15) is 18.3 Å². The topological polar surface area (TPSA) is 35.6 Å². The SMILES string of the molecule is CCc1nn(C)c2c1nc(CCl)n2CCCCC(F)(F)F. The standard InChI is InChI=1S/C13H18ClF3N4/c1-3-9-11-12(20(2)19-9)21(10(8-14)18-11)7-5-4-6-13(15,16)17/h3-8H2,1-2H3. The molecule has 0 saturated heterocycles. The molecule has 2 heterocycles. The average molecular weight is 323 g/mol. The van der Waals surface area contributed by atoms with E-state index in [0.29, 0.717) is 18.8 Å². The van der Waals surface area contributed by atoms with Gasteiger partial charge in [0, 0.05) is 20.0 Å². The molecule has 0 atom stereocenters. The number of aryl methyl sites for hydroxylation is 3. The van der Waals surface area contributed by atoms with Crippen molar-refractivity contribution in [2.75, 3.05) is 0 Å². The van der Waals surface area contributed by atoms with Crippen molar-refractivity contribution < 1.29 is 13.2 Å². The van der Waals surface area contributed by atoms with Crippen molar-refractivity contribution >= 4 is 22.8 Å². The van der Waals surface area contributed by atoms with Crippen molar-refractivity contribution in [3.05, 3.63) is 11.5 Å². The lowest BCUT2D eigenvalue weighted by Crippen LogP contribution is -2.10. The van der Waals surface area contributed by atoms with Crippen LogP contribution in [0, 0.1) is 0 Å². The van der Waals surface area contributed by atoms with E-state index in [-0.39, 0.29) is 12.3 Å². The van der Waals surface area contributed by atoms with Crippen LogP contribution in [0.25, 0.3) is 11.2 Å². The molecule has 0 aliphatic heterocycles. The Balaban J connectivity index is 2.20. The van der Waals surface area contributed by atoms with Crippen molar-refractivity contribution in [1.29, 1.82) is 0 Å². The highest BCUT2D eigenvalue weighted by Gasteiger charge is 2.26. The normalized spacial score (nSPS) is 12.5. The van der Waals surface area contributed by atoms with E-state index in [1.165, 1.54) is 0 Å². The van der Waals surface area contributed by atoms with Gasteiger partial charge in [0.1, 0.15) is 11.3 Å². The molecular weight excluding hydrogens is 305 g/mol. The molecule has 4 nitrogen and oxygen atoms in total. The number of alkyl halides is 4. The van der Waals surface area contributed by atoms with Crippen LogP contribution >= 0.6 is 11.6 Å². The highest BCUT2D eigenvalue weighted by atomic mass is 35.5. The zero-order valence-electron chi connectivity index (χ0n) is 12.0. The van der Waals surface area contributed by atoms with E-state index in [0.717, 1.165) is 23.3 Å². The minimum atomic E-state index is -4.10. The molecule has 0 amide bonds. The Morgan fingerprint density at radius 1 is 1.24 bits per heavy atom. The summed E-state index contributed by atoms with van der Waals surface area (Å²) in [5, 5.41) is 4.38. The highest BCUT2D eigenvalue weighted by Crippen LogP contribution is 2.24. The molecule has 8 heteroatoms. The summed E-state index contributed by atoms with van der Waals surface area (Å²) in [6.07, 6.45) is -3.57. The number of unbranched alkanes of at least 4 members (excludes halogenated alkanes) is 1. The maximum absolute atomic E-state index is 12.2. The van der Waals surface area contributed by atoms with E-state index < -0.39 is 12.6 Å². The second-order valence-electron chi connectivity index (χ2n) is 4.98. The first kappa shape index (κ1) is 16.1. The molecule has 2 aromatic rings.